The van der Waals surface area contributed by atoms with Gasteiger partial charge in [-0.05, 0) is 18.9 Å². The van der Waals surface area contributed by atoms with Gasteiger partial charge in [0.15, 0.2) is 5.75 Å². The van der Waals surface area contributed by atoms with Crippen LogP contribution in [0.25, 0.3) is 0 Å². The van der Waals surface area contributed by atoms with Gasteiger partial charge in [-0.1, -0.05) is 0 Å². The summed E-state index contributed by atoms with van der Waals surface area (Å²) in [6.45, 7) is 1.90. The Bertz CT molecular complexity index is 485. The third-order valence-corrected chi connectivity index (χ3v) is 2.56. The highest BCUT2D eigenvalue weighted by atomic mass is 16.6. The fourth-order valence-corrected chi connectivity index (χ4v) is 1.91. The summed E-state index contributed by atoms with van der Waals surface area (Å²) in [5.41, 5.74) is 1.11. The van der Waals surface area contributed by atoms with Crippen LogP contribution in [0.15, 0.2) is 12.1 Å². The van der Waals surface area contributed by atoms with Gasteiger partial charge in [-0.15, -0.1) is 0 Å². The molecular formula is C11H12N2O4. The molecule has 0 atom stereocenters. The second-order valence-corrected chi connectivity index (χ2v) is 3.83. The van der Waals surface area contributed by atoms with Crippen LogP contribution in [0, 0.1) is 10.1 Å². The van der Waals surface area contributed by atoms with Gasteiger partial charge in [0.25, 0.3) is 5.69 Å². The summed E-state index contributed by atoms with van der Waals surface area (Å²) < 4.78 is 5.43. The molecule has 0 fully saturated rings. The molecule has 1 aliphatic heterocycles. The van der Waals surface area contributed by atoms with E-state index in [0.717, 1.165) is 6.42 Å². The fourth-order valence-electron chi connectivity index (χ4n) is 1.91. The van der Waals surface area contributed by atoms with Crippen molar-refractivity contribution in [3.8, 4) is 5.75 Å². The molecule has 90 valence electrons. The van der Waals surface area contributed by atoms with Crippen molar-refractivity contribution in [2.45, 2.75) is 19.8 Å². The van der Waals surface area contributed by atoms with Crippen LogP contribution in [-0.2, 0) is 11.2 Å². The quantitative estimate of drug-likeness (QED) is 0.627. The van der Waals surface area contributed by atoms with Crippen molar-refractivity contribution in [1.29, 1.82) is 0 Å². The van der Waals surface area contributed by atoms with E-state index < -0.39 is 4.92 Å². The van der Waals surface area contributed by atoms with E-state index in [4.69, 9.17) is 4.74 Å². The molecular weight excluding hydrogens is 224 g/mol. The molecule has 6 nitrogen and oxygen atoms in total. The van der Waals surface area contributed by atoms with E-state index in [9.17, 15) is 14.9 Å². The summed E-state index contributed by atoms with van der Waals surface area (Å²) in [5.74, 6) is 0.205. The average molecular weight is 236 g/mol. The molecule has 0 aromatic heterocycles. The minimum absolute atomic E-state index is 0.0498. The first kappa shape index (κ1) is 11.4. The summed E-state index contributed by atoms with van der Waals surface area (Å²) >= 11 is 0. The fraction of sp³-hybridized carbons (Fsp3) is 0.364. The predicted octanol–water partition coefficient (Wildman–Crippen LogP) is 1.88. The molecule has 0 unspecified atom stereocenters. The number of nitro benzene ring substituents is 1. The smallest absolute Gasteiger partial charge is 0.276 e. The molecule has 0 spiro atoms. The van der Waals surface area contributed by atoms with Gasteiger partial charge in [-0.2, -0.15) is 0 Å². The highest BCUT2D eigenvalue weighted by molar-refractivity contribution is 5.91. The number of nitrogens with zero attached hydrogens (tertiary/aromatic N) is 1. The number of hydrogen-bond acceptors (Lipinski definition) is 4. The number of anilines is 1. The number of carbonyl (C=O) groups is 1. The molecule has 1 aliphatic rings. The Kier molecular flexibility index (Phi) is 2.95. The maximum absolute atomic E-state index is 11.0. The second-order valence-electron chi connectivity index (χ2n) is 3.83. The number of nitrogens with one attached hydrogen (secondary N) is 1. The molecule has 1 aromatic carbocycles. The average Bonchev–Trinajstić information content (AvgIpc) is 2.28. The molecule has 1 N–H and O–H groups in total. The van der Waals surface area contributed by atoms with E-state index in [1.54, 1.807) is 0 Å². The molecule has 1 amide bonds. The van der Waals surface area contributed by atoms with Crippen molar-refractivity contribution in [2.75, 3.05) is 11.9 Å². The first-order valence-corrected chi connectivity index (χ1v) is 5.30. The van der Waals surface area contributed by atoms with Gasteiger partial charge in [-0.25, -0.2) is 0 Å². The zero-order valence-electron chi connectivity index (χ0n) is 9.36. The highest BCUT2D eigenvalue weighted by Crippen LogP contribution is 2.38. The van der Waals surface area contributed by atoms with Crippen molar-refractivity contribution >= 4 is 17.3 Å². The maximum Gasteiger partial charge on any atom is 0.276 e. The number of fused-ring (bicyclic) bond motifs is 1. The van der Waals surface area contributed by atoms with Crippen molar-refractivity contribution in [1.82, 2.24) is 0 Å². The van der Waals surface area contributed by atoms with Gasteiger partial charge < -0.3 is 10.1 Å². The van der Waals surface area contributed by atoms with Crippen molar-refractivity contribution in [3.63, 3.8) is 0 Å². The third kappa shape index (κ3) is 2.20. The minimum Gasteiger partial charge on any atom is -0.491 e. The van der Waals surface area contributed by atoms with Crippen LogP contribution in [0.5, 0.6) is 5.75 Å². The Labute approximate surface area is 97.7 Å². The normalized spacial score (nSPS) is 13.5. The number of hydrogen-bond donors (Lipinski definition) is 1. The van der Waals surface area contributed by atoms with E-state index >= 15 is 0 Å². The predicted molar refractivity (Wildman–Crippen MR) is 61.2 cm³/mol. The van der Waals surface area contributed by atoms with E-state index in [2.05, 4.69) is 5.32 Å². The molecule has 6 heteroatoms. The number of rotatable bonds is 2. The van der Waals surface area contributed by atoms with Crippen LogP contribution in [0.4, 0.5) is 11.4 Å². The number of amides is 1. The lowest BCUT2D eigenvalue weighted by Crippen LogP contribution is -2.14. The van der Waals surface area contributed by atoms with Crippen LogP contribution in [-0.4, -0.2) is 17.4 Å². The molecule has 2 rings (SSSR count). The molecule has 0 saturated carbocycles. The monoisotopic (exact) mass is 236 g/mol. The minimum atomic E-state index is -0.426. The van der Waals surface area contributed by atoms with Gasteiger partial charge in [-0.3, -0.25) is 14.9 Å². The van der Waals surface area contributed by atoms with E-state index in [1.165, 1.54) is 19.1 Å². The summed E-state index contributed by atoms with van der Waals surface area (Å²) in [6, 6.07) is 2.91. The van der Waals surface area contributed by atoms with Gasteiger partial charge in [0.2, 0.25) is 5.91 Å². The van der Waals surface area contributed by atoms with E-state index in [1.807, 2.05) is 0 Å². The molecule has 1 aromatic rings. The van der Waals surface area contributed by atoms with Crippen LogP contribution in [0.2, 0.25) is 0 Å². The lowest BCUT2D eigenvalue weighted by Gasteiger charge is -2.20. The molecule has 0 bridgehead atoms. The van der Waals surface area contributed by atoms with Crippen molar-refractivity contribution < 1.29 is 14.5 Å². The SMILES string of the molecule is CC(=O)Nc1ccc([N+](=O)[O-])c2c1OCCC2. The maximum atomic E-state index is 11.0. The molecule has 0 radical (unpaired) electrons. The zero-order chi connectivity index (χ0) is 12.4. The zero-order valence-corrected chi connectivity index (χ0v) is 9.36. The molecule has 0 saturated heterocycles. The Hall–Kier alpha value is -2.11. The molecule has 1 heterocycles. The highest BCUT2D eigenvalue weighted by Gasteiger charge is 2.24. The van der Waals surface area contributed by atoms with Crippen LogP contribution in [0.1, 0.15) is 18.9 Å². The topological polar surface area (TPSA) is 81.5 Å². The van der Waals surface area contributed by atoms with Gasteiger partial charge in [0.1, 0.15) is 0 Å². The number of ether oxygens (including phenoxy) is 1. The Morgan fingerprint density at radius 2 is 2.29 bits per heavy atom. The largest absolute Gasteiger partial charge is 0.491 e. The lowest BCUT2D eigenvalue weighted by molar-refractivity contribution is -0.385. The molecule has 0 aliphatic carbocycles. The lowest BCUT2D eigenvalue weighted by atomic mass is 10.0. The van der Waals surface area contributed by atoms with Crippen LogP contribution >= 0.6 is 0 Å². The van der Waals surface area contributed by atoms with Gasteiger partial charge in [0, 0.05) is 13.0 Å². The first-order valence-electron chi connectivity index (χ1n) is 5.30. The Balaban J connectivity index is 2.50. The Morgan fingerprint density at radius 3 is 2.94 bits per heavy atom. The van der Waals surface area contributed by atoms with E-state index in [0.29, 0.717) is 30.0 Å². The second kappa shape index (κ2) is 4.40. The Morgan fingerprint density at radius 1 is 1.53 bits per heavy atom. The first-order chi connectivity index (χ1) is 8.09. The van der Waals surface area contributed by atoms with Crippen molar-refractivity contribution in [2.24, 2.45) is 0 Å². The summed E-state index contributed by atoms with van der Waals surface area (Å²) in [5, 5.41) is 13.5. The standard InChI is InChI=1S/C11H12N2O4/c1-7(14)12-9-4-5-10(13(15)16)8-3-2-6-17-11(8)9/h4-5H,2-3,6H2,1H3,(H,12,14). The summed E-state index contributed by atoms with van der Waals surface area (Å²) in [7, 11) is 0. The summed E-state index contributed by atoms with van der Waals surface area (Å²) in [4.78, 5) is 21.5. The number of nitro groups is 1. The van der Waals surface area contributed by atoms with Crippen LogP contribution in [0.3, 0.4) is 0 Å². The number of benzene rings is 1. The van der Waals surface area contributed by atoms with Gasteiger partial charge in [0.05, 0.1) is 22.8 Å². The van der Waals surface area contributed by atoms with Crippen molar-refractivity contribution in [3.05, 3.63) is 27.8 Å². The number of carbonyl (C=O) groups excluding carboxylic acids is 1. The third-order valence-electron chi connectivity index (χ3n) is 2.56. The van der Waals surface area contributed by atoms with Gasteiger partial charge >= 0.3 is 0 Å². The van der Waals surface area contributed by atoms with E-state index in [-0.39, 0.29) is 11.6 Å². The molecule has 17 heavy (non-hydrogen) atoms. The van der Waals surface area contributed by atoms with Crippen LogP contribution < -0.4 is 10.1 Å². The summed E-state index contributed by atoms with van der Waals surface area (Å²) in [6.07, 6.45) is 1.34.